The van der Waals surface area contributed by atoms with E-state index in [4.69, 9.17) is 4.74 Å². The van der Waals surface area contributed by atoms with Crippen LogP contribution >= 0.6 is 11.3 Å². The molecule has 1 aliphatic rings. The number of hydrogen-bond donors (Lipinski definition) is 2. The highest BCUT2D eigenvalue weighted by molar-refractivity contribution is 7.12. The van der Waals surface area contributed by atoms with Crippen LogP contribution in [0.3, 0.4) is 0 Å². The van der Waals surface area contributed by atoms with E-state index in [0.29, 0.717) is 19.8 Å². The molecule has 0 aromatic carbocycles. The van der Waals surface area contributed by atoms with Crippen molar-refractivity contribution >= 4 is 17.2 Å². The third-order valence-electron chi connectivity index (χ3n) is 3.73. The Hall–Kier alpha value is -0.910. The topological polar surface area (TPSA) is 50.4 Å². The summed E-state index contributed by atoms with van der Waals surface area (Å²) in [4.78, 5) is 14.8. The molecule has 1 aromatic rings. The second kappa shape index (κ2) is 7.20. The van der Waals surface area contributed by atoms with E-state index in [2.05, 4.69) is 37.5 Å². The molecular weight excluding hydrogens is 272 g/mol. The highest BCUT2D eigenvalue weighted by atomic mass is 32.1. The zero-order chi connectivity index (χ0) is 14.5. The Bertz CT molecular complexity index is 439. The summed E-state index contributed by atoms with van der Waals surface area (Å²) in [7, 11) is 0. The molecule has 1 amide bonds. The number of carbonyl (C=O) groups excluding carboxylic acids is 1. The van der Waals surface area contributed by atoms with Gasteiger partial charge in [-0.2, -0.15) is 0 Å². The Morgan fingerprint density at radius 2 is 2.25 bits per heavy atom. The lowest BCUT2D eigenvalue weighted by atomic mass is 10.0. The summed E-state index contributed by atoms with van der Waals surface area (Å²) in [6.07, 6.45) is 1.07. The van der Waals surface area contributed by atoms with Crippen LogP contribution in [0.15, 0.2) is 6.07 Å². The van der Waals surface area contributed by atoms with Gasteiger partial charge in [0.05, 0.1) is 25.7 Å². The van der Waals surface area contributed by atoms with Crippen LogP contribution in [-0.2, 0) is 16.1 Å². The molecule has 2 N–H and O–H groups in total. The van der Waals surface area contributed by atoms with E-state index in [1.807, 2.05) is 0 Å². The average Bonchev–Trinajstić information content (AvgIpc) is 3.01. The number of amides is 1. The minimum Gasteiger partial charge on any atom is -0.379 e. The number of ether oxygens (including phenoxy) is 1. The molecule has 1 aliphatic heterocycles. The monoisotopic (exact) mass is 296 g/mol. The SMILES string of the molecule is CCCNC1COCC1C(=O)NCc1cc(C)c(C)s1. The zero-order valence-electron chi connectivity index (χ0n) is 12.5. The normalized spacial score (nSPS) is 22.1. The molecule has 2 heterocycles. The molecule has 0 saturated carbocycles. The molecule has 112 valence electrons. The van der Waals surface area contributed by atoms with E-state index in [1.54, 1.807) is 11.3 Å². The van der Waals surface area contributed by atoms with E-state index in [1.165, 1.54) is 15.3 Å². The van der Waals surface area contributed by atoms with Gasteiger partial charge in [-0.25, -0.2) is 0 Å². The summed E-state index contributed by atoms with van der Waals surface area (Å²) in [6, 6.07) is 2.31. The Morgan fingerprint density at radius 3 is 2.90 bits per heavy atom. The molecule has 20 heavy (non-hydrogen) atoms. The van der Waals surface area contributed by atoms with Gasteiger partial charge < -0.3 is 15.4 Å². The van der Waals surface area contributed by atoms with Crippen LogP contribution in [-0.4, -0.2) is 31.7 Å². The number of thiophene rings is 1. The van der Waals surface area contributed by atoms with Crippen LogP contribution in [0.4, 0.5) is 0 Å². The van der Waals surface area contributed by atoms with E-state index < -0.39 is 0 Å². The molecule has 5 heteroatoms. The zero-order valence-corrected chi connectivity index (χ0v) is 13.3. The van der Waals surface area contributed by atoms with Gasteiger partial charge in [-0.3, -0.25) is 4.79 Å². The van der Waals surface area contributed by atoms with Crippen molar-refractivity contribution in [1.29, 1.82) is 0 Å². The van der Waals surface area contributed by atoms with Gasteiger partial charge >= 0.3 is 0 Å². The van der Waals surface area contributed by atoms with Gasteiger partial charge in [-0.15, -0.1) is 11.3 Å². The molecule has 0 radical (unpaired) electrons. The van der Waals surface area contributed by atoms with Crippen LogP contribution in [0, 0.1) is 19.8 Å². The molecule has 1 aromatic heterocycles. The van der Waals surface area contributed by atoms with E-state index >= 15 is 0 Å². The van der Waals surface area contributed by atoms with Crippen LogP contribution in [0.5, 0.6) is 0 Å². The van der Waals surface area contributed by atoms with Gasteiger partial charge in [0.15, 0.2) is 0 Å². The first kappa shape index (κ1) is 15.5. The van der Waals surface area contributed by atoms with Crippen molar-refractivity contribution < 1.29 is 9.53 Å². The first-order valence-corrected chi connectivity index (χ1v) is 8.08. The number of carbonyl (C=O) groups is 1. The minimum absolute atomic E-state index is 0.0660. The Kier molecular flexibility index (Phi) is 5.57. The highest BCUT2D eigenvalue weighted by Gasteiger charge is 2.33. The fourth-order valence-electron chi connectivity index (χ4n) is 2.39. The maximum atomic E-state index is 12.3. The summed E-state index contributed by atoms with van der Waals surface area (Å²) in [5.41, 5.74) is 1.30. The molecule has 2 rings (SSSR count). The number of nitrogens with one attached hydrogen (secondary N) is 2. The van der Waals surface area contributed by atoms with Crippen LogP contribution in [0.1, 0.15) is 28.7 Å². The number of hydrogen-bond acceptors (Lipinski definition) is 4. The molecule has 2 unspecified atom stereocenters. The number of rotatable bonds is 6. The molecular formula is C15H24N2O2S. The smallest absolute Gasteiger partial charge is 0.227 e. The fourth-order valence-corrected chi connectivity index (χ4v) is 3.38. The first-order valence-electron chi connectivity index (χ1n) is 7.26. The molecule has 1 fully saturated rings. The first-order chi connectivity index (χ1) is 9.61. The van der Waals surface area contributed by atoms with E-state index in [-0.39, 0.29) is 17.9 Å². The highest BCUT2D eigenvalue weighted by Crippen LogP contribution is 2.21. The van der Waals surface area contributed by atoms with Crippen molar-refractivity contribution in [2.75, 3.05) is 19.8 Å². The van der Waals surface area contributed by atoms with Gasteiger partial charge in [0.25, 0.3) is 0 Å². The summed E-state index contributed by atoms with van der Waals surface area (Å²) < 4.78 is 5.44. The van der Waals surface area contributed by atoms with Crippen LogP contribution < -0.4 is 10.6 Å². The van der Waals surface area contributed by atoms with E-state index in [0.717, 1.165) is 13.0 Å². The van der Waals surface area contributed by atoms with Crippen molar-refractivity contribution in [3.8, 4) is 0 Å². The average molecular weight is 296 g/mol. The molecule has 4 nitrogen and oxygen atoms in total. The van der Waals surface area contributed by atoms with Gasteiger partial charge in [0, 0.05) is 15.8 Å². The summed E-state index contributed by atoms with van der Waals surface area (Å²) in [6.45, 7) is 9.05. The van der Waals surface area contributed by atoms with Gasteiger partial charge in [-0.05, 0) is 38.4 Å². The lowest BCUT2D eigenvalue weighted by Crippen LogP contribution is -2.43. The predicted octanol–water partition coefficient (Wildman–Crippen LogP) is 2.00. The predicted molar refractivity (Wildman–Crippen MR) is 82.0 cm³/mol. The Morgan fingerprint density at radius 1 is 1.45 bits per heavy atom. The third-order valence-corrected chi connectivity index (χ3v) is 4.88. The van der Waals surface area contributed by atoms with Crippen molar-refractivity contribution in [2.24, 2.45) is 5.92 Å². The quantitative estimate of drug-likeness (QED) is 0.844. The standard InChI is InChI=1S/C15H24N2O2S/c1-4-5-16-14-9-19-8-13(14)15(18)17-7-12-6-10(2)11(3)20-12/h6,13-14,16H,4-5,7-9H2,1-3H3,(H,17,18). The van der Waals surface area contributed by atoms with Crippen LogP contribution in [0.25, 0.3) is 0 Å². The maximum Gasteiger partial charge on any atom is 0.227 e. The lowest BCUT2D eigenvalue weighted by molar-refractivity contribution is -0.125. The third kappa shape index (κ3) is 3.81. The lowest BCUT2D eigenvalue weighted by Gasteiger charge is -2.18. The minimum atomic E-state index is -0.0660. The van der Waals surface area contributed by atoms with Crippen molar-refractivity contribution in [2.45, 2.75) is 39.8 Å². The summed E-state index contributed by atoms with van der Waals surface area (Å²) in [5, 5.41) is 6.43. The molecule has 0 spiro atoms. The van der Waals surface area contributed by atoms with Crippen LogP contribution in [0.2, 0.25) is 0 Å². The molecule has 0 bridgehead atoms. The largest absolute Gasteiger partial charge is 0.379 e. The fraction of sp³-hybridized carbons (Fsp3) is 0.667. The Balaban J connectivity index is 1.84. The second-order valence-corrected chi connectivity index (χ2v) is 6.72. The van der Waals surface area contributed by atoms with Crippen molar-refractivity contribution in [1.82, 2.24) is 10.6 Å². The summed E-state index contributed by atoms with van der Waals surface area (Å²) in [5.74, 6) is 0.0310. The Labute approximate surface area is 124 Å². The van der Waals surface area contributed by atoms with Crippen molar-refractivity contribution in [3.63, 3.8) is 0 Å². The van der Waals surface area contributed by atoms with Gasteiger partial charge in [0.1, 0.15) is 0 Å². The molecule has 2 atom stereocenters. The molecule has 1 saturated heterocycles. The number of aryl methyl sites for hydroxylation is 2. The second-order valence-electron chi connectivity index (χ2n) is 5.37. The summed E-state index contributed by atoms with van der Waals surface area (Å²) >= 11 is 1.75. The van der Waals surface area contributed by atoms with Crippen molar-refractivity contribution in [3.05, 3.63) is 21.4 Å². The van der Waals surface area contributed by atoms with E-state index in [9.17, 15) is 4.79 Å². The van der Waals surface area contributed by atoms with Gasteiger partial charge in [0.2, 0.25) is 5.91 Å². The van der Waals surface area contributed by atoms with Gasteiger partial charge in [-0.1, -0.05) is 6.92 Å². The maximum absolute atomic E-state index is 12.3. The molecule has 0 aliphatic carbocycles.